The summed E-state index contributed by atoms with van der Waals surface area (Å²) in [6, 6.07) is 5.74. The van der Waals surface area contributed by atoms with Gasteiger partial charge in [0.1, 0.15) is 5.82 Å². The molecule has 0 spiro atoms. The van der Waals surface area contributed by atoms with Crippen LogP contribution in [0.4, 0.5) is 5.82 Å². The SMILES string of the molecule is Clc1ccc(-n2nc(C3CCCC3)c3c2NCCCC3)cc1Cl. The highest BCUT2D eigenvalue weighted by molar-refractivity contribution is 6.42. The van der Waals surface area contributed by atoms with Crippen molar-refractivity contribution in [1.29, 1.82) is 0 Å². The molecule has 0 bridgehead atoms. The van der Waals surface area contributed by atoms with Gasteiger partial charge in [0, 0.05) is 18.0 Å². The first-order valence-corrected chi connectivity index (χ1v) is 9.31. The van der Waals surface area contributed by atoms with E-state index in [0.29, 0.717) is 16.0 Å². The quantitative estimate of drug-likeness (QED) is 0.766. The first-order chi connectivity index (χ1) is 11.2. The van der Waals surface area contributed by atoms with Crippen LogP contribution in [-0.4, -0.2) is 16.3 Å². The van der Waals surface area contributed by atoms with Gasteiger partial charge in [0.25, 0.3) is 0 Å². The van der Waals surface area contributed by atoms with E-state index in [-0.39, 0.29) is 0 Å². The van der Waals surface area contributed by atoms with E-state index in [0.717, 1.165) is 24.5 Å². The molecule has 1 aromatic heterocycles. The van der Waals surface area contributed by atoms with E-state index in [4.69, 9.17) is 28.3 Å². The Balaban J connectivity index is 1.83. The molecule has 122 valence electrons. The summed E-state index contributed by atoms with van der Waals surface area (Å²) in [5, 5.41) is 9.76. The number of nitrogens with zero attached hydrogens (tertiary/aromatic N) is 2. The molecule has 23 heavy (non-hydrogen) atoms. The van der Waals surface area contributed by atoms with Crippen LogP contribution in [0.3, 0.4) is 0 Å². The highest BCUT2D eigenvalue weighted by atomic mass is 35.5. The van der Waals surface area contributed by atoms with Crippen molar-refractivity contribution in [2.24, 2.45) is 0 Å². The molecule has 1 aromatic carbocycles. The molecular weight excluding hydrogens is 329 g/mol. The molecule has 1 saturated carbocycles. The van der Waals surface area contributed by atoms with Gasteiger partial charge in [-0.3, -0.25) is 0 Å². The molecule has 1 fully saturated rings. The lowest BCUT2D eigenvalue weighted by molar-refractivity contribution is 0.664. The van der Waals surface area contributed by atoms with Gasteiger partial charge < -0.3 is 5.32 Å². The molecule has 0 radical (unpaired) electrons. The molecule has 2 aromatic rings. The number of halogens is 2. The lowest BCUT2D eigenvalue weighted by Gasteiger charge is -2.10. The molecule has 2 heterocycles. The van der Waals surface area contributed by atoms with Gasteiger partial charge in [-0.1, -0.05) is 36.0 Å². The molecule has 1 N–H and O–H groups in total. The molecule has 4 rings (SSSR count). The maximum absolute atomic E-state index is 6.22. The van der Waals surface area contributed by atoms with E-state index in [1.165, 1.54) is 49.8 Å². The molecule has 0 saturated heterocycles. The van der Waals surface area contributed by atoms with Crippen molar-refractivity contribution >= 4 is 29.0 Å². The predicted molar refractivity (Wildman–Crippen MR) is 96.2 cm³/mol. The number of fused-ring (bicyclic) bond motifs is 1. The monoisotopic (exact) mass is 349 g/mol. The minimum absolute atomic E-state index is 0.574. The third kappa shape index (κ3) is 2.85. The fourth-order valence-electron chi connectivity index (χ4n) is 3.86. The van der Waals surface area contributed by atoms with Gasteiger partial charge in [-0.25, -0.2) is 4.68 Å². The average Bonchev–Trinajstić information content (AvgIpc) is 3.12. The molecule has 1 aliphatic heterocycles. The number of aromatic nitrogens is 2. The average molecular weight is 350 g/mol. The molecule has 0 atom stereocenters. The molecule has 1 aliphatic carbocycles. The zero-order valence-corrected chi connectivity index (χ0v) is 14.6. The highest BCUT2D eigenvalue weighted by Gasteiger charge is 2.28. The second-order valence-corrected chi connectivity index (χ2v) is 7.40. The minimum Gasteiger partial charge on any atom is -0.370 e. The molecule has 5 heteroatoms. The van der Waals surface area contributed by atoms with E-state index in [9.17, 15) is 0 Å². The fourth-order valence-corrected chi connectivity index (χ4v) is 4.15. The number of hydrogen-bond acceptors (Lipinski definition) is 2. The van der Waals surface area contributed by atoms with Gasteiger partial charge in [0.15, 0.2) is 0 Å². The van der Waals surface area contributed by atoms with Crippen LogP contribution in [0, 0.1) is 0 Å². The van der Waals surface area contributed by atoms with Gasteiger partial charge >= 0.3 is 0 Å². The van der Waals surface area contributed by atoms with Crippen molar-refractivity contribution in [2.45, 2.75) is 50.9 Å². The van der Waals surface area contributed by atoms with Crippen LogP contribution >= 0.6 is 23.2 Å². The second-order valence-electron chi connectivity index (χ2n) is 6.59. The number of hydrogen-bond donors (Lipinski definition) is 1. The van der Waals surface area contributed by atoms with Gasteiger partial charge in [-0.15, -0.1) is 0 Å². The Hall–Kier alpha value is -1.19. The standard InChI is InChI=1S/C18H21Cl2N3/c19-15-9-8-13(11-16(15)20)23-18-14(7-3-4-10-21-18)17(22-23)12-5-1-2-6-12/h8-9,11-12,21H,1-7,10H2. The van der Waals surface area contributed by atoms with Crippen LogP contribution in [0.5, 0.6) is 0 Å². The maximum atomic E-state index is 6.22. The number of benzene rings is 1. The Morgan fingerprint density at radius 2 is 1.87 bits per heavy atom. The van der Waals surface area contributed by atoms with E-state index >= 15 is 0 Å². The summed E-state index contributed by atoms with van der Waals surface area (Å²) >= 11 is 12.3. The van der Waals surface area contributed by atoms with Crippen molar-refractivity contribution in [3.63, 3.8) is 0 Å². The number of rotatable bonds is 2. The largest absolute Gasteiger partial charge is 0.370 e. The molecule has 0 unspecified atom stereocenters. The zero-order valence-electron chi connectivity index (χ0n) is 13.1. The number of nitrogens with one attached hydrogen (secondary N) is 1. The van der Waals surface area contributed by atoms with Gasteiger partial charge in [-0.05, 0) is 50.3 Å². The first-order valence-electron chi connectivity index (χ1n) is 8.55. The summed E-state index contributed by atoms with van der Waals surface area (Å²) in [6.07, 6.45) is 8.75. The highest BCUT2D eigenvalue weighted by Crippen LogP contribution is 2.40. The van der Waals surface area contributed by atoms with Crippen molar-refractivity contribution in [3.05, 3.63) is 39.5 Å². The Morgan fingerprint density at radius 1 is 1.04 bits per heavy atom. The Labute approximate surface area is 147 Å². The summed E-state index contributed by atoms with van der Waals surface area (Å²) in [6.45, 7) is 1.00. The summed E-state index contributed by atoms with van der Waals surface area (Å²) in [5.41, 5.74) is 3.70. The van der Waals surface area contributed by atoms with E-state index in [1.54, 1.807) is 0 Å². The van der Waals surface area contributed by atoms with Crippen molar-refractivity contribution in [2.75, 3.05) is 11.9 Å². The summed E-state index contributed by atoms with van der Waals surface area (Å²) in [4.78, 5) is 0. The Morgan fingerprint density at radius 3 is 2.65 bits per heavy atom. The van der Waals surface area contributed by atoms with Gasteiger partial charge in [0.05, 0.1) is 21.4 Å². The van der Waals surface area contributed by atoms with E-state index < -0.39 is 0 Å². The van der Waals surface area contributed by atoms with Gasteiger partial charge in [0.2, 0.25) is 0 Å². The summed E-state index contributed by atoms with van der Waals surface area (Å²) in [7, 11) is 0. The lowest BCUT2D eigenvalue weighted by atomic mass is 9.97. The van der Waals surface area contributed by atoms with Gasteiger partial charge in [-0.2, -0.15) is 5.10 Å². The maximum Gasteiger partial charge on any atom is 0.133 e. The van der Waals surface area contributed by atoms with Crippen LogP contribution < -0.4 is 5.32 Å². The van der Waals surface area contributed by atoms with Crippen LogP contribution in [0.2, 0.25) is 10.0 Å². The molecule has 0 amide bonds. The zero-order chi connectivity index (χ0) is 15.8. The number of anilines is 1. The topological polar surface area (TPSA) is 29.9 Å². The second kappa shape index (κ2) is 6.37. The van der Waals surface area contributed by atoms with E-state index in [2.05, 4.69) is 5.32 Å². The molecule has 2 aliphatic rings. The van der Waals surface area contributed by atoms with Crippen molar-refractivity contribution < 1.29 is 0 Å². The van der Waals surface area contributed by atoms with Crippen molar-refractivity contribution in [1.82, 2.24) is 9.78 Å². The normalized spacial score (nSPS) is 18.5. The Bertz CT molecular complexity index is 717. The minimum atomic E-state index is 0.574. The van der Waals surface area contributed by atoms with Crippen LogP contribution in [0.25, 0.3) is 5.69 Å². The summed E-state index contributed by atoms with van der Waals surface area (Å²) in [5.74, 6) is 1.77. The molecular formula is C18H21Cl2N3. The summed E-state index contributed by atoms with van der Waals surface area (Å²) < 4.78 is 2.04. The van der Waals surface area contributed by atoms with Crippen LogP contribution in [0.15, 0.2) is 18.2 Å². The molecule has 3 nitrogen and oxygen atoms in total. The third-order valence-corrected chi connectivity index (χ3v) is 5.79. The third-order valence-electron chi connectivity index (χ3n) is 5.05. The van der Waals surface area contributed by atoms with Crippen LogP contribution in [0.1, 0.15) is 55.7 Å². The fraction of sp³-hybridized carbons (Fsp3) is 0.500. The lowest BCUT2D eigenvalue weighted by Crippen LogP contribution is -2.07. The van der Waals surface area contributed by atoms with Crippen LogP contribution in [-0.2, 0) is 6.42 Å². The smallest absolute Gasteiger partial charge is 0.133 e. The van der Waals surface area contributed by atoms with Crippen molar-refractivity contribution in [3.8, 4) is 5.69 Å². The Kier molecular flexibility index (Phi) is 4.25. The first kappa shape index (κ1) is 15.3. The van der Waals surface area contributed by atoms with E-state index in [1.807, 2.05) is 22.9 Å². The predicted octanol–water partition coefficient (Wildman–Crippen LogP) is 5.58.